The predicted molar refractivity (Wildman–Crippen MR) is 78.9 cm³/mol. The first-order valence-electron chi connectivity index (χ1n) is 7.20. The van der Waals surface area contributed by atoms with Crippen molar-refractivity contribution in [2.45, 2.75) is 31.7 Å². The number of oxazole rings is 1. The number of nitrogens with zero attached hydrogens (tertiary/aromatic N) is 1. The summed E-state index contributed by atoms with van der Waals surface area (Å²) in [5.74, 6) is -0.184. The van der Waals surface area contributed by atoms with Crippen LogP contribution in [0, 0.1) is 5.92 Å². The summed E-state index contributed by atoms with van der Waals surface area (Å²) < 4.78 is 5.30. The molecule has 0 spiro atoms. The van der Waals surface area contributed by atoms with Crippen LogP contribution in [0.1, 0.15) is 25.7 Å². The topological polar surface area (TPSA) is 75.4 Å². The molecule has 21 heavy (non-hydrogen) atoms. The molecular weight excluding hydrogens is 268 g/mol. The summed E-state index contributed by atoms with van der Waals surface area (Å²) in [5, 5.41) is 12.6. The molecule has 2 N–H and O–H groups in total. The molecule has 1 aliphatic carbocycles. The average molecular weight is 286 g/mol. The van der Waals surface area contributed by atoms with E-state index in [0.717, 1.165) is 36.3 Å². The lowest BCUT2D eigenvalue weighted by Gasteiger charge is -2.28. The minimum absolute atomic E-state index is 0.213. The molecule has 1 heterocycles. The minimum atomic E-state index is -0.683. The number of anilines is 1. The van der Waals surface area contributed by atoms with Crippen molar-refractivity contribution in [1.82, 2.24) is 4.98 Å². The fraction of sp³-hybridized carbons (Fsp3) is 0.375. The maximum absolute atomic E-state index is 11.1. The number of hydrogen-bond donors (Lipinski definition) is 2. The molecule has 2 atom stereocenters. The lowest BCUT2D eigenvalue weighted by Crippen LogP contribution is -2.30. The van der Waals surface area contributed by atoms with Crippen molar-refractivity contribution in [2.24, 2.45) is 5.92 Å². The zero-order chi connectivity index (χ0) is 14.7. The fourth-order valence-corrected chi connectivity index (χ4v) is 2.90. The maximum atomic E-state index is 11.1. The van der Waals surface area contributed by atoms with Gasteiger partial charge in [0.25, 0.3) is 0 Å². The first-order valence-corrected chi connectivity index (χ1v) is 7.20. The highest BCUT2D eigenvalue weighted by Crippen LogP contribution is 2.28. The van der Waals surface area contributed by atoms with Crippen LogP contribution in [0.4, 0.5) is 5.69 Å². The van der Waals surface area contributed by atoms with Gasteiger partial charge < -0.3 is 14.8 Å². The first kappa shape index (κ1) is 13.7. The van der Waals surface area contributed by atoms with E-state index in [1.54, 1.807) is 6.20 Å². The lowest BCUT2D eigenvalue weighted by atomic mass is 9.85. The van der Waals surface area contributed by atoms with Crippen molar-refractivity contribution in [3.63, 3.8) is 0 Å². The molecule has 1 fully saturated rings. The Morgan fingerprint density at radius 1 is 1.38 bits per heavy atom. The van der Waals surface area contributed by atoms with Gasteiger partial charge in [-0.05, 0) is 31.4 Å². The van der Waals surface area contributed by atoms with Crippen LogP contribution in [0.15, 0.2) is 41.3 Å². The number of rotatable bonds is 4. The SMILES string of the molecule is O=C(O)C1CCCC(Nc2cccc(-c3cnco3)c2)C1. The molecule has 2 aromatic rings. The molecule has 5 heteroatoms. The first-order chi connectivity index (χ1) is 10.2. The van der Waals surface area contributed by atoms with Crippen LogP contribution in [0.5, 0.6) is 0 Å². The second-order valence-electron chi connectivity index (χ2n) is 5.49. The van der Waals surface area contributed by atoms with Crippen LogP contribution in [0.25, 0.3) is 11.3 Å². The van der Waals surface area contributed by atoms with Gasteiger partial charge in [-0.1, -0.05) is 18.6 Å². The van der Waals surface area contributed by atoms with E-state index >= 15 is 0 Å². The van der Waals surface area contributed by atoms with Gasteiger partial charge in [0.2, 0.25) is 0 Å². The highest BCUT2D eigenvalue weighted by Gasteiger charge is 2.26. The number of carbonyl (C=O) groups is 1. The molecule has 1 saturated carbocycles. The molecule has 1 aliphatic rings. The van der Waals surface area contributed by atoms with Crippen LogP contribution < -0.4 is 5.32 Å². The van der Waals surface area contributed by atoms with Gasteiger partial charge in [0.15, 0.2) is 12.2 Å². The number of benzene rings is 1. The third-order valence-electron chi connectivity index (χ3n) is 3.97. The Labute approximate surface area is 123 Å². The Hall–Kier alpha value is -2.30. The zero-order valence-electron chi connectivity index (χ0n) is 11.7. The molecule has 0 amide bonds. The molecule has 0 aliphatic heterocycles. The normalized spacial score (nSPS) is 21.9. The van der Waals surface area contributed by atoms with E-state index in [2.05, 4.69) is 10.3 Å². The Morgan fingerprint density at radius 2 is 2.29 bits per heavy atom. The quantitative estimate of drug-likeness (QED) is 0.901. The van der Waals surface area contributed by atoms with E-state index in [1.807, 2.05) is 24.3 Å². The van der Waals surface area contributed by atoms with Crippen molar-refractivity contribution in [3.05, 3.63) is 36.9 Å². The van der Waals surface area contributed by atoms with E-state index < -0.39 is 5.97 Å². The lowest BCUT2D eigenvalue weighted by molar-refractivity contribution is -0.142. The van der Waals surface area contributed by atoms with Crippen molar-refractivity contribution < 1.29 is 14.3 Å². The molecule has 2 unspecified atom stereocenters. The van der Waals surface area contributed by atoms with Gasteiger partial charge in [-0.15, -0.1) is 0 Å². The molecule has 3 rings (SSSR count). The fourth-order valence-electron chi connectivity index (χ4n) is 2.90. The number of hydrogen-bond acceptors (Lipinski definition) is 4. The van der Waals surface area contributed by atoms with Gasteiger partial charge in [-0.3, -0.25) is 4.79 Å². The molecule has 1 aromatic heterocycles. The average Bonchev–Trinajstić information content (AvgIpc) is 3.02. The highest BCUT2D eigenvalue weighted by molar-refractivity contribution is 5.70. The monoisotopic (exact) mass is 286 g/mol. The van der Waals surface area contributed by atoms with Crippen LogP contribution in [0.2, 0.25) is 0 Å². The number of carboxylic acids is 1. The Morgan fingerprint density at radius 3 is 3.05 bits per heavy atom. The molecule has 5 nitrogen and oxygen atoms in total. The summed E-state index contributed by atoms with van der Waals surface area (Å²) in [6, 6.07) is 8.13. The second-order valence-corrected chi connectivity index (χ2v) is 5.49. The van der Waals surface area contributed by atoms with Crippen LogP contribution in [-0.4, -0.2) is 22.1 Å². The van der Waals surface area contributed by atoms with Crippen molar-refractivity contribution in [2.75, 3.05) is 5.32 Å². The molecule has 0 bridgehead atoms. The molecular formula is C16H18N2O3. The summed E-state index contributed by atoms with van der Waals surface area (Å²) in [6.45, 7) is 0. The third kappa shape index (κ3) is 3.24. The van der Waals surface area contributed by atoms with Gasteiger partial charge in [0.05, 0.1) is 12.1 Å². The van der Waals surface area contributed by atoms with Gasteiger partial charge >= 0.3 is 5.97 Å². The smallest absolute Gasteiger partial charge is 0.306 e. The molecule has 1 aromatic carbocycles. The molecule has 0 radical (unpaired) electrons. The maximum Gasteiger partial charge on any atom is 0.306 e. The summed E-state index contributed by atoms with van der Waals surface area (Å²) >= 11 is 0. The van der Waals surface area contributed by atoms with Gasteiger partial charge in [-0.25, -0.2) is 4.98 Å². The Bertz CT molecular complexity index is 610. The van der Waals surface area contributed by atoms with Crippen molar-refractivity contribution in [3.8, 4) is 11.3 Å². The van der Waals surface area contributed by atoms with Gasteiger partial charge in [0.1, 0.15) is 0 Å². The van der Waals surface area contributed by atoms with E-state index in [1.165, 1.54) is 6.39 Å². The van der Waals surface area contributed by atoms with Crippen LogP contribution >= 0.6 is 0 Å². The third-order valence-corrected chi connectivity index (χ3v) is 3.97. The predicted octanol–water partition coefficient (Wildman–Crippen LogP) is 3.40. The summed E-state index contributed by atoms with van der Waals surface area (Å²) in [7, 11) is 0. The van der Waals surface area contributed by atoms with E-state index in [4.69, 9.17) is 9.52 Å². The van der Waals surface area contributed by atoms with E-state index in [-0.39, 0.29) is 12.0 Å². The second kappa shape index (κ2) is 5.99. The highest BCUT2D eigenvalue weighted by atomic mass is 16.4. The molecule has 0 saturated heterocycles. The summed E-state index contributed by atoms with van der Waals surface area (Å²) in [6.07, 6.45) is 6.52. The van der Waals surface area contributed by atoms with E-state index in [9.17, 15) is 4.79 Å². The minimum Gasteiger partial charge on any atom is -0.481 e. The van der Waals surface area contributed by atoms with Crippen LogP contribution in [-0.2, 0) is 4.79 Å². The molecule has 110 valence electrons. The van der Waals surface area contributed by atoms with Gasteiger partial charge in [0, 0.05) is 17.3 Å². The number of aromatic nitrogens is 1. The Balaban J connectivity index is 1.70. The Kier molecular flexibility index (Phi) is 3.90. The summed E-state index contributed by atoms with van der Waals surface area (Å²) in [4.78, 5) is 15.0. The standard InChI is InChI=1S/C16H18N2O3/c19-16(20)12-4-2-6-14(8-12)18-13-5-1-3-11(7-13)15-9-17-10-21-15/h1,3,5,7,9-10,12,14,18H,2,4,6,8H2,(H,19,20). The number of aliphatic carboxylic acids is 1. The largest absolute Gasteiger partial charge is 0.481 e. The number of nitrogens with one attached hydrogen (secondary N) is 1. The van der Waals surface area contributed by atoms with Gasteiger partial charge in [-0.2, -0.15) is 0 Å². The van der Waals surface area contributed by atoms with Crippen molar-refractivity contribution in [1.29, 1.82) is 0 Å². The van der Waals surface area contributed by atoms with Crippen molar-refractivity contribution >= 4 is 11.7 Å². The number of carboxylic acid groups (broad SMARTS) is 1. The van der Waals surface area contributed by atoms with Crippen LogP contribution in [0.3, 0.4) is 0 Å². The van der Waals surface area contributed by atoms with E-state index in [0.29, 0.717) is 6.42 Å². The zero-order valence-corrected chi connectivity index (χ0v) is 11.7. The summed E-state index contributed by atoms with van der Waals surface area (Å²) in [5.41, 5.74) is 1.95.